The highest BCUT2D eigenvalue weighted by atomic mass is 16.5. The zero-order valence-electron chi connectivity index (χ0n) is 9.88. The summed E-state index contributed by atoms with van der Waals surface area (Å²) in [7, 11) is 0. The van der Waals surface area contributed by atoms with Gasteiger partial charge in [0.05, 0.1) is 5.69 Å². The number of amides is 1. The number of rotatable bonds is 3. The van der Waals surface area contributed by atoms with Crippen LogP contribution < -0.4 is 16.2 Å². The molecule has 5 heteroatoms. The van der Waals surface area contributed by atoms with E-state index in [1.807, 2.05) is 6.92 Å². The lowest BCUT2D eigenvalue weighted by Gasteiger charge is -2.08. The second-order valence-electron chi connectivity index (χ2n) is 3.84. The first-order valence-corrected chi connectivity index (χ1v) is 5.37. The summed E-state index contributed by atoms with van der Waals surface area (Å²) in [5, 5.41) is 0. The molecular formula is C13H13N3O2. The average Bonchev–Trinajstić information content (AvgIpc) is 2.34. The average molecular weight is 243 g/mol. The number of hydrogen-bond acceptors (Lipinski definition) is 4. The van der Waals surface area contributed by atoms with Crippen LogP contribution in [0.4, 0.5) is 5.69 Å². The van der Waals surface area contributed by atoms with E-state index in [4.69, 9.17) is 16.2 Å². The van der Waals surface area contributed by atoms with Gasteiger partial charge >= 0.3 is 0 Å². The van der Waals surface area contributed by atoms with Crippen LogP contribution in [0.3, 0.4) is 0 Å². The molecule has 0 saturated carbocycles. The van der Waals surface area contributed by atoms with Crippen molar-refractivity contribution in [2.45, 2.75) is 6.92 Å². The molecule has 0 spiro atoms. The number of aromatic nitrogens is 1. The van der Waals surface area contributed by atoms with Gasteiger partial charge in [-0.1, -0.05) is 0 Å². The number of ether oxygens (including phenoxy) is 1. The molecule has 0 radical (unpaired) electrons. The summed E-state index contributed by atoms with van der Waals surface area (Å²) in [6.45, 7) is 1.85. The van der Waals surface area contributed by atoms with Crippen molar-refractivity contribution in [3.63, 3.8) is 0 Å². The van der Waals surface area contributed by atoms with Crippen molar-refractivity contribution in [1.82, 2.24) is 4.98 Å². The quantitative estimate of drug-likeness (QED) is 0.860. The largest absolute Gasteiger partial charge is 0.437 e. The van der Waals surface area contributed by atoms with E-state index >= 15 is 0 Å². The standard InChI is InChI=1S/C13H13N3O2/c1-8-2-7-11(14)13(16-8)18-10-5-3-9(4-6-10)12(15)17/h2-7H,14H2,1H3,(H2,15,17). The minimum atomic E-state index is -0.477. The normalized spacial score (nSPS) is 10.1. The van der Waals surface area contributed by atoms with Gasteiger partial charge in [0.25, 0.3) is 0 Å². The Morgan fingerprint density at radius 1 is 1.17 bits per heavy atom. The topological polar surface area (TPSA) is 91.2 Å². The Balaban J connectivity index is 2.23. The maximum absolute atomic E-state index is 10.9. The van der Waals surface area contributed by atoms with Crippen LogP contribution in [-0.2, 0) is 0 Å². The number of hydrogen-bond donors (Lipinski definition) is 2. The van der Waals surface area contributed by atoms with E-state index in [0.29, 0.717) is 22.9 Å². The second-order valence-corrected chi connectivity index (χ2v) is 3.84. The van der Waals surface area contributed by atoms with Crippen molar-refractivity contribution in [3.8, 4) is 11.6 Å². The number of nitrogens with zero attached hydrogens (tertiary/aromatic N) is 1. The lowest BCUT2D eigenvalue weighted by molar-refractivity contribution is 0.100. The number of aryl methyl sites for hydroxylation is 1. The third kappa shape index (κ3) is 2.57. The Labute approximate surface area is 104 Å². The number of primary amides is 1. The highest BCUT2D eigenvalue weighted by Crippen LogP contribution is 2.25. The number of carbonyl (C=O) groups excluding carboxylic acids is 1. The second kappa shape index (κ2) is 4.75. The van der Waals surface area contributed by atoms with E-state index in [9.17, 15) is 4.79 Å². The summed E-state index contributed by atoms with van der Waals surface area (Å²) in [6, 6.07) is 9.99. The monoisotopic (exact) mass is 243 g/mol. The molecule has 0 aliphatic rings. The lowest BCUT2D eigenvalue weighted by Crippen LogP contribution is -2.10. The molecule has 1 aromatic carbocycles. The molecule has 2 aromatic rings. The maximum atomic E-state index is 10.9. The number of nitrogen functional groups attached to an aromatic ring is 1. The van der Waals surface area contributed by atoms with Crippen LogP contribution in [0.15, 0.2) is 36.4 Å². The van der Waals surface area contributed by atoms with Gasteiger partial charge in [0, 0.05) is 11.3 Å². The summed E-state index contributed by atoms with van der Waals surface area (Å²) >= 11 is 0. The molecule has 1 aromatic heterocycles. The Kier molecular flexibility index (Phi) is 3.14. The molecule has 2 rings (SSSR count). The van der Waals surface area contributed by atoms with Gasteiger partial charge in [0.1, 0.15) is 5.75 Å². The fraction of sp³-hybridized carbons (Fsp3) is 0.0769. The van der Waals surface area contributed by atoms with Crippen LogP contribution in [0.5, 0.6) is 11.6 Å². The molecule has 0 aliphatic carbocycles. The lowest BCUT2D eigenvalue weighted by atomic mass is 10.2. The maximum Gasteiger partial charge on any atom is 0.248 e. The highest BCUT2D eigenvalue weighted by Gasteiger charge is 2.05. The molecule has 1 amide bonds. The molecule has 0 aliphatic heterocycles. The highest BCUT2D eigenvalue weighted by molar-refractivity contribution is 5.92. The molecule has 92 valence electrons. The Morgan fingerprint density at radius 3 is 2.44 bits per heavy atom. The summed E-state index contributed by atoms with van der Waals surface area (Å²) in [4.78, 5) is 15.1. The van der Waals surface area contributed by atoms with E-state index in [1.165, 1.54) is 0 Å². The van der Waals surface area contributed by atoms with Crippen molar-refractivity contribution < 1.29 is 9.53 Å². The minimum absolute atomic E-state index is 0.349. The molecule has 0 atom stereocenters. The van der Waals surface area contributed by atoms with E-state index in [0.717, 1.165) is 5.69 Å². The Hall–Kier alpha value is -2.56. The van der Waals surface area contributed by atoms with Gasteiger partial charge < -0.3 is 16.2 Å². The fourth-order valence-electron chi connectivity index (χ4n) is 1.42. The molecule has 0 unspecified atom stereocenters. The molecule has 18 heavy (non-hydrogen) atoms. The van der Waals surface area contributed by atoms with Crippen LogP contribution in [0, 0.1) is 6.92 Å². The van der Waals surface area contributed by atoms with Crippen LogP contribution in [0.1, 0.15) is 16.1 Å². The molecular weight excluding hydrogens is 230 g/mol. The molecule has 0 saturated heterocycles. The minimum Gasteiger partial charge on any atom is -0.437 e. The van der Waals surface area contributed by atoms with Crippen molar-refractivity contribution in [1.29, 1.82) is 0 Å². The van der Waals surface area contributed by atoms with Crippen LogP contribution in [-0.4, -0.2) is 10.9 Å². The SMILES string of the molecule is Cc1ccc(N)c(Oc2ccc(C(N)=O)cc2)n1. The number of benzene rings is 1. The third-order valence-electron chi connectivity index (χ3n) is 2.38. The smallest absolute Gasteiger partial charge is 0.248 e. The van der Waals surface area contributed by atoms with Crippen molar-refractivity contribution in [2.75, 3.05) is 5.73 Å². The van der Waals surface area contributed by atoms with Gasteiger partial charge in [-0.05, 0) is 43.3 Å². The van der Waals surface area contributed by atoms with Crippen LogP contribution in [0.2, 0.25) is 0 Å². The van der Waals surface area contributed by atoms with Gasteiger partial charge in [-0.25, -0.2) is 4.98 Å². The van der Waals surface area contributed by atoms with Gasteiger partial charge in [-0.3, -0.25) is 4.79 Å². The number of anilines is 1. The van der Waals surface area contributed by atoms with Crippen molar-refractivity contribution in [2.24, 2.45) is 5.73 Å². The van der Waals surface area contributed by atoms with E-state index < -0.39 is 5.91 Å². The molecule has 1 heterocycles. The number of nitrogens with two attached hydrogens (primary N) is 2. The first-order chi connectivity index (χ1) is 8.56. The van der Waals surface area contributed by atoms with E-state index in [1.54, 1.807) is 36.4 Å². The van der Waals surface area contributed by atoms with Crippen LogP contribution >= 0.6 is 0 Å². The molecule has 4 N–H and O–H groups in total. The number of carbonyl (C=O) groups is 1. The van der Waals surface area contributed by atoms with Crippen molar-refractivity contribution in [3.05, 3.63) is 47.7 Å². The zero-order chi connectivity index (χ0) is 13.1. The Morgan fingerprint density at radius 2 is 1.83 bits per heavy atom. The summed E-state index contributed by atoms with van der Waals surface area (Å²) in [5.74, 6) is 0.418. The third-order valence-corrected chi connectivity index (χ3v) is 2.38. The first-order valence-electron chi connectivity index (χ1n) is 5.37. The fourth-order valence-corrected chi connectivity index (χ4v) is 1.42. The molecule has 5 nitrogen and oxygen atoms in total. The predicted octanol–water partition coefficient (Wildman–Crippen LogP) is 1.86. The summed E-state index contributed by atoms with van der Waals surface area (Å²) < 4.78 is 5.54. The summed E-state index contributed by atoms with van der Waals surface area (Å²) in [6.07, 6.45) is 0. The predicted molar refractivity (Wildman–Crippen MR) is 68.4 cm³/mol. The van der Waals surface area contributed by atoms with Gasteiger partial charge in [0.2, 0.25) is 11.8 Å². The number of pyridine rings is 1. The summed E-state index contributed by atoms with van der Waals surface area (Å²) in [5.41, 5.74) is 12.6. The van der Waals surface area contributed by atoms with Crippen LogP contribution in [0.25, 0.3) is 0 Å². The Bertz CT molecular complexity index is 579. The molecule has 0 fully saturated rings. The molecule has 0 bridgehead atoms. The van der Waals surface area contributed by atoms with Gasteiger partial charge in [-0.15, -0.1) is 0 Å². The van der Waals surface area contributed by atoms with E-state index in [2.05, 4.69) is 4.98 Å². The first kappa shape index (κ1) is 11.9. The zero-order valence-corrected chi connectivity index (χ0v) is 9.88. The van der Waals surface area contributed by atoms with Gasteiger partial charge in [0.15, 0.2) is 0 Å². The van der Waals surface area contributed by atoms with Gasteiger partial charge in [-0.2, -0.15) is 0 Å². The van der Waals surface area contributed by atoms with Crippen molar-refractivity contribution >= 4 is 11.6 Å². The van der Waals surface area contributed by atoms with E-state index in [-0.39, 0.29) is 0 Å².